The molecule has 0 aliphatic carbocycles. The number of nitrogens with zero attached hydrogens (tertiary/aromatic N) is 1. The van der Waals surface area contributed by atoms with Crippen LogP contribution in [0, 0.1) is 0 Å². The van der Waals surface area contributed by atoms with Gasteiger partial charge in [-0.3, -0.25) is 4.79 Å². The first-order chi connectivity index (χ1) is 11.6. The summed E-state index contributed by atoms with van der Waals surface area (Å²) in [6.07, 6.45) is 1.85. The van der Waals surface area contributed by atoms with Gasteiger partial charge in [0.2, 0.25) is 5.91 Å². The van der Waals surface area contributed by atoms with Crippen molar-refractivity contribution >= 4 is 34.1 Å². The number of halogens is 1. The van der Waals surface area contributed by atoms with Gasteiger partial charge in [0.1, 0.15) is 6.54 Å². The van der Waals surface area contributed by atoms with E-state index >= 15 is 0 Å². The fraction of sp³-hybridized carbons (Fsp3) is 0.167. The number of benzene rings is 2. The molecule has 0 spiro atoms. The summed E-state index contributed by atoms with van der Waals surface area (Å²) in [5.41, 5.74) is 1.57. The topological polar surface area (TPSA) is 52.5 Å². The monoisotopic (exact) mass is 344 g/mol. The maximum Gasteiger partial charge on any atom is 0.244 e. The number of rotatable bonds is 5. The van der Waals surface area contributed by atoms with Crippen LogP contribution < -0.4 is 14.8 Å². The summed E-state index contributed by atoms with van der Waals surface area (Å²) < 4.78 is 12.3. The van der Waals surface area contributed by atoms with Gasteiger partial charge in [0.05, 0.1) is 14.2 Å². The highest BCUT2D eigenvalue weighted by atomic mass is 35.5. The number of aromatic nitrogens is 1. The van der Waals surface area contributed by atoms with Crippen molar-refractivity contribution in [3.8, 4) is 11.5 Å². The quantitative estimate of drug-likeness (QED) is 0.762. The van der Waals surface area contributed by atoms with Crippen molar-refractivity contribution < 1.29 is 14.3 Å². The summed E-state index contributed by atoms with van der Waals surface area (Å²) in [7, 11) is 3.12. The molecule has 124 valence electrons. The minimum absolute atomic E-state index is 0.139. The predicted molar refractivity (Wildman–Crippen MR) is 95.1 cm³/mol. The molecule has 0 fully saturated rings. The van der Waals surface area contributed by atoms with Crippen LogP contribution >= 0.6 is 11.6 Å². The van der Waals surface area contributed by atoms with Crippen LogP contribution in [-0.2, 0) is 11.3 Å². The minimum atomic E-state index is -0.139. The van der Waals surface area contributed by atoms with Gasteiger partial charge in [0.25, 0.3) is 0 Å². The molecule has 0 saturated carbocycles. The van der Waals surface area contributed by atoms with Gasteiger partial charge in [-0.25, -0.2) is 0 Å². The maximum atomic E-state index is 12.3. The molecule has 24 heavy (non-hydrogen) atoms. The van der Waals surface area contributed by atoms with Gasteiger partial charge >= 0.3 is 0 Å². The van der Waals surface area contributed by atoms with Gasteiger partial charge in [-0.2, -0.15) is 0 Å². The van der Waals surface area contributed by atoms with Crippen LogP contribution in [0.5, 0.6) is 11.5 Å². The van der Waals surface area contributed by atoms with Crippen LogP contribution in [0.2, 0.25) is 5.02 Å². The summed E-state index contributed by atoms with van der Waals surface area (Å²) in [5.74, 6) is 1.04. The van der Waals surface area contributed by atoms with Crippen LogP contribution in [0.15, 0.2) is 48.7 Å². The van der Waals surface area contributed by atoms with Gasteiger partial charge in [0.15, 0.2) is 11.5 Å². The molecular weight excluding hydrogens is 328 g/mol. The van der Waals surface area contributed by atoms with Crippen molar-refractivity contribution in [2.24, 2.45) is 0 Å². The minimum Gasteiger partial charge on any atom is -0.493 e. The Morgan fingerprint density at radius 3 is 2.67 bits per heavy atom. The Kier molecular flexibility index (Phi) is 4.62. The van der Waals surface area contributed by atoms with Gasteiger partial charge in [-0.05, 0) is 30.3 Å². The number of carbonyl (C=O) groups is 1. The van der Waals surface area contributed by atoms with Gasteiger partial charge < -0.3 is 19.4 Å². The van der Waals surface area contributed by atoms with Crippen LogP contribution in [0.1, 0.15) is 0 Å². The highest BCUT2D eigenvalue weighted by molar-refractivity contribution is 6.35. The van der Waals surface area contributed by atoms with E-state index in [0.717, 1.165) is 10.9 Å². The van der Waals surface area contributed by atoms with E-state index in [1.165, 1.54) is 0 Å². The number of ether oxygens (including phenoxy) is 2. The zero-order valence-corrected chi connectivity index (χ0v) is 14.1. The first-order valence-corrected chi connectivity index (χ1v) is 7.75. The zero-order chi connectivity index (χ0) is 17.1. The van der Waals surface area contributed by atoms with E-state index in [0.29, 0.717) is 22.2 Å². The average Bonchev–Trinajstić information content (AvgIpc) is 2.99. The first-order valence-electron chi connectivity index (χ1n) is 7.37. The predicted octanol–water partition coefficient (Wildman–Crippen LogP) is 3.95. The average molecular weight is 345 g/mol. The Morgan fingerprint density at radius 1 is 1.12 bits per heavy atom. The Hall–Kier alpha value is -2.66. The molecule has 1 heterocycles. The summed E-state index contributed by atoms with van der Waals surface area (Å²) in [6.45, 7) is 0.193. The molecule has 0 aliphatic rings. The second kappa shape index (κ2) is 6.84. The normalized spacial score (nSPS) is 10.6. The molecule has 3 aromatic rings. The van der Waals surface area contributed by atoms with Crippen molar-refractivity contribution in [2.75, 3.05) is 19.5 Å². The van der Waals surface area contributed by atoms with Crippen LogP contribution in [0.4, 0.5) is 5.69 Å². The molecule has 0 radical (unpaired) electrons. The third kappa shape index (κ3) is 3.16. The van der Waals surface area contributed by atoms with Crippen molar-refractivity contribution in [3.05, 3.63) is 53.7 Å². The van der Waals surface area contributed by atoms with Crippen LogP contribution in [-0.4, -0.2) is 24.7 Å². The molecule has 0 saturated heterocycles. The Bertz CT molecular complexity index is 889. The Balaban J connectivity index is 1.77. The van der Waals surface area contributed by atoms with E-state index in [1.54, 1.807) is 32.4 Å². The molecule has 3 rings (SSSR count). The van der Waals surface area contributed by atoms with E-state index in [9.17, 15) is 4.79 Å². The molecule has 1 aromatic heterocycles. The number of hydrogen-bond acceptors (Lipinski definition) is 3. The number of anilines is 1. The summed E-state index contributed by atoms with van der Waals surface area (Å²) in [4.78, 5) is 12.3. The van der Waals surface area contributed by atoms with E-state index in [1.807, 2.05) is 35.0 Å². The van der Waals surface area contributed by atoms with Gasteiger partial charge in [-0.1, -0.05) is 17.7 Å². The van der Waals surface area contributed by atoms with Crippen LogP contribution in [0.3, 0.4) is 0 Å². The number of nitrogens with one attached hydrogen (secondary N) is 1. The number of methoxy groups -OCH3 is 2. The fourth-order valence-electron chi connectivity index (χ4n) is 2.59. The lowest BCUT2D eigenvalue weighted by Crippen LogP contribution is -2.18. The lowest BCUT2D eigenvalue weighted by molar-refractivity contribution is -0.116. The highest BCUT2D eigenvalue weighted by Gasteiger charge is 2.10. The number of amides is 1. The molecular formula is C18H17ClN2O3. The summed E-state index contributed by atoms with van der Waals surface area (Å²) in [6, 6.07) is 12.8. The van der Waals surface area contributed by atoms with Crippen molar-refractivity contribution in [3.63, 3.8) is 0 Å². The van der Waals surface area contributed by atoms with E-state index < -0.39 is 0 Å². The Morgan fingerprint density at radius 2 is 1.92 bits per heavy atom. The highest BCUT2D eigenvalue weighted by Crippen LogP contribution is 2.30. The fourth-order valence-corrected chi connectivity index (χ4v) is 2.83. The number of hydrogen-bond donors (Lipinski definition) is 1. The van der Waals surface area contributed by atoms with Crippen molar-refractivity contribution in [1.82, 2.24) is 4.57 Å². The first kappa shape index (κ1) is 16.2. The molecule has 0 bridgehead atoms. The lowest BCUT2D eigenvalue weighted by atomic mass is 10.2. The third-order valence-corrected chi connectivity index (χ3v) is 4.07. The summed E-state index contributed by atoms with van der Waals surface area (Å²) in [5, 5.41) is 4.46. The second-order valence-electron chi connectivity index (χ2n) is 5.23. The van der Waals surface area contributed by atoms with E-state index in [-0.39, 0.29) is 12.5 Å². The van der Waals surface area contributed by atoms with Crippen LogP contribution in [0.25, 0.3) is 10.9 Å². The molecule has 0 unspecified atom stereocenters. The molecule has 1 amide bonds. The van der Waals surface area contributed by atoms with Crippen molar-refractivity contribution in [2.45, 2.75) is 6.54 Å². The molecule has 2 aromatic carbocycles. The standard InChI is InChI=1S/C18H17ClN2O3/c1-23-16-7-6-12(10-17(16)24-2)20-18(22)11-21-9-8-13-14(19)4-3-5-15(13)21/h3-10H,11H2,1-2H3,(H,20,22). The lowest BCUT2D eigenvalue weighted by Gasteiger charge is -2.11. The van der Waals surface area contributed by atoms with Gasteiger partial charge in [-0.15, -0.1) is 0 Å². The SMILES string of the molecule is COc1ccc(NC(=O)Cn2ccc3c(Cl)cccc32)cc1OC. The molecule has 5 nitrogen and oxygen atoms in total. The largest absolute Gasteiger partial charge is 0.493 e. The molecule has 0 aliphatic heterocycles. The smallest absolute Gasteiger partial charge is 0.244 e. The molecule has 6 heteroatoms. The van der Waals surface area contributed by atoms with E-state index in [4.69, 9.17) is 21.1 Å². The number of carbonyl (C=O) groups excluding carboxylic acids is 1. The molecule has 1 N–H and O–H groups in total. The van der Waals surface area contributed by atoms with Crippen molar-refractivity contribution in [1.29, 1.82) is 0 Å². The molecule has 0 atom stereocenters. The summed E-state index contributed by atoms with van der Waals surface area (Å²) >= 11 is 6.16. The van der Waals surface area contributed by atoms with E-state index in [2.05, 4.69) is 5.32 Å². The third-order valence-electron chi connectivity index (χ3n) is 3.74. The zero-order valence-electron chi connectivity index (χ0n) is 13.4. The maximum absolute atomic E-state index is 12.3. The Labute approximate surface area is 144 Å². The van der Waals surface area contributed by atoms with Gasteiger partial charge in [0, 0.05) is 33.9 Å². The number of fused-ring (bicyclic) bond motifs is 1. The second-order valence-corrected chi connectivity index (χ2v) is 5.64.